The number of benzene rings is 1. The monoisotopic (exact) mass is 288 g/mol. The maximum atomic E-state index is 11.9. The molecule has 5 heteroatoms. The van der Waals surface area contributed by atoms with Crippen LogP contribution in [0.15, 0.2) is 30.5 Å². The molecular weight excluding hydrogens is 268 g/mol. The van der Waals surface area contributed by atoms with E-state index in [0.717, 1.165) is 16.5 Å². The SMILES string of the molecule is CC(C)OC(=O)CCNC(=O)Cc1c[nH]c2ccccc12. The van der Waals surface area contributed by atoms with E-state index in [1.807, 2.05) is 30.5 Å². The van der Waals surface area contributed by atoms with Gasteiger partial charge < -0.3 is 15.0 Å². The van der Waals surface area contributed by atoms with Crippen molar-refractivity contribution < 1.29 is 14.3 Å². The smallest absolute Gasteiger partial charge is 0.307 e. The van der Waals surface area contributed by atoms with Crippen LogP contribution in [0.4, 0.5) is 0 Å². The third-order valence-electron chi connectivity index (χ3n) is 3.04. The number of hydrogen-bond acceptors (Lipinski definition) is 3. The summed E-state index contributed by atoms with van der Waals surface area (Å²) in [4.78, 5) is 26.4. The van der Waals surface area contributed by atoms with Crippen molar-refractivity contribution in [2.75, 3.05) is 6.54 Å². The molecule has 0 saturated heterocycles. The van der Waals surface area contributed by atoms with Crippen LogP contribution in [-0.2, 0) is 20.7 Å². The Morgan fingerprint density at radius 2 is 2.05 bits per heavy atom. The number of fused-ring (bicyclic) bond motifs is 1. The maximum absolute atomic E-state index is 11.9. The average molecular weight is 288 g/mol. The molecule has 1 aromatic heterocycles. The van der Waals surface area contributed by atoms with Gasteiger partial charge in [-0.15, -0.1) is 0 Å². The lowest BCUT2D eigenvalue weighted by atomic mass is 10.1. The predicted molar refractivity (Wildman–Crippen MR) is 80.9 cm³/mol. The fourth-order valence-electron chi connectivity index (χ4n) is 2.14. The van der Waals surface area contributed by atoms with Crippen molar-refractivity contribution in [2.45, 2.75) is 32.8 Å². The molecule has 0 bridgehead atoms. The van der Waals surface area contributed by atoms with Gasteiger partial charge in [0.25, 0.3) is 0 Å². The van der Waals surface area contributed by atoms with E-state index in [4.69, 9.17) is 4.74 Å². The van der Waals surface area contributed by atoms with Gasteiger partial charge in [0.1, 0.15) is 0 Å². The Bertz CT molecular complexity index is 631. The standard InChI is InChI=1S/C16H20N2O3/c1-11(2)21-16(20)7-8-17-15(19)9-12-10-18-14-6-4-3-5-13(12)14/h3-6,10-11,18H,7-9H2,1-2H3,(H,17,19). The molecule has 1 amide bonds. The quantitative estimate of drug-likeness (QED) is 0.800. The van der Waals surface area contributed by atoms with Crippen molar-refractivity contribution in [2.24, 2.45) is 0 Å². The average Bonchev–Trinajstić information content (AvgIpc) is 2.81. The second-order valence-corrected chi connectivity index (χ2v) is 5.17. The lowest BCUT2D eigenvalue weighted by molar-refractivity contribution is -0.147. The summed E-state index contributed by atoms with van der Waals surface area (Å²) in [6.07, 6.45) is 2.21. The summed E-state index contributed by atoms with van der Waals surface area (Å²) in [5, 5.41) is 3.78. The minimum atomic E-state index is -0.294. The van der Waals surface area contributed by atoms with Crippen LogP contribution in [0.25, 0.3) is 10.9 Å². The molecule has 112 valence electrons. The zero-order valence-electron chi connectivity index (χ0n) is 12.3. The van der Waals surface area contributed by atoms with Gasteiger partial charge in [0.15, 0.2) is 0 Å². The minimum Gasteiger partial charge on any atom is -0.463 e. The zero-order chi connectivity index (χ0) is 15.2. The van der Waals surface area contributed by atoms with E-state index < -0.39 is 0 Å². The van der Waals surface area contributed by atoms with Crippen molar-refractivity contribution >= 4 is 22.8 Å². The van der Waals surface area contributed by atoms with Gasteiger partial charge >= 0.3 is 5.97 Å². The number of carbonyl (C=O) groups excluding carboxylic acids is 2. The number of aromatic nitrogens is 1. The van der Waals surface area contributed by atoms with E-state index in [0.29, 0.717) is 13.0 Å². The maximum Gasteiger partial charge on any atom is 0.307 e. The molecule has 0 spiro atoms. The molecule has 1 aromatic carbocycles. The van der Waals surface area contributed by atoms with E-state index in [-0.39, 0.29) is 24.4 Å². The number of H-pyrrole nitrogens is 1. The Balaban J connectivity index is 1.81. The molecule has 0 aliphatic heterocycles. The summed E-state index contributed by atoms with van der Waals surface area (Å²) < 4.78 is 5.00. The number of aromatic amines is 1. The van der Waals surface area contributed by atoms with Crippen LogP contribution >= 0.6 is 0 Å². The van der Waals surface area contributed by atoms with Crippen LogP contribution < -0.4 is 5.32 Å². The zero-order valence-corrected chi connectivity index (χ0v) is 12.3. The molecule has 1 heterocycles. The van der Waals surface area contributed by atoms with Crippen LogP contribution in [0.3, 0.4) is 0 Å². The number of rotatable bonds is 6. The van der Waals surface area contributed by atoms with Gasteiger partial charge in [-0.05, 0) is 25.5 Å². The summed E-state index contributed by atoms with van der Waals surface area (Å²) in [7, 11) is 0. The third-order valence-corrected chi connectivity index (χ3v) is 3.04. The highest BCUT2D eigenvalue weighted by molar-refractivity contribution is 5.88. The van der Waals surface area contributed by atoms with Crippen LogP contribution in [0, 0.1) is 0 Å². The number of amides is 1. The fraction of sp³-hybridized carbons (Fsp3) is 0.375. The Hall–Kier alpha value is -2.30. The number of para-hydroxylation sites is 1. The first-order valence-electron chi connectivity index (χ1n) is 7.07. The summed E-state index contributed by atoms with van der Waals surface area (Å²) in [6.45, 7) is 3.90. The molecule has 0 aliphatic rings. The van der Waals surface area contributed by atoms with Crippen molar-refractivity contribution in [3.8, 4) is 0 Å². The van der Waals surface area contributed by atoms with Gasteiger partial charge in [-0.3, -0.25) is 9.59 Å². The molecule has 0 fully saturated rings. The highest BCUT2D eigenvalue weighted by Gasteiger charge is 2.10. The van der Waals surface area contributed by atoms with Crippen molar-refractivity contribution in [3.05, 3.63) is 36.0 Å². The van der Waals surface area contributed by atoms with Gasteiger partial charge in [0, 0.05) is 23.6 Å². The summed E-state index contributed by atoms with van der Waals surface area (Å²) in [5.74, 6) is -0.394. The highest BCUT2D eigenvalue weighted by atomic mass is 16.5. The number of carbonyl (C=O) groups is 2. The largest absolute Gasteiger partial charge is 0.463 e. The normalized spacial score (nSPS) is 10.8. The fourth-order valence-corrected chi connectivity index (χ4v) is 2.14. The molecule has 2 aromatic rings. The molecule has 0 atom stereocenters. The Morgan fingerprint density at radius 1 is 1.29 bits per heavy atom. The van der Waals surface area contributed by atoms with Crippen molar-refractivity contribution in [1.82, 2.24) is 10.3 Å². The molecular formula is C16H20N2O3. The number of ether oxygens (including phenoxy) is 1. The second kappa shape index (κ2) is 6.92. The molecule has 0 unspecified atom stereocenters. The van der Waals surface area contributed by atoms with E-state index in [1.165, 1.54) is 0 Å². The second-order valence-electron chi connectivity index (χ2n) is 5.17. The van der Waals surface area contributed by atoms with Crippen LogP contribution in [0.5, 0.6) is 0 Å². The molecule has 0 radical (unpaired) electrons. The Labute approximate surface area is 123 Å². The van der Waals surface area contributed by atoms with Crippen LogP contribution in [0.2, 0.25) is 0 Å². The van der Waals surface area contributed by atoms with Gasteiger partial charge in [-0.1, -0.05) is 18.2 Å². The number of esters is 1. The first-order chi connectivity index (χ1) is 10.1. The van der Waals surface area contributed by atoms with Gasteiger partial charge in [0.05, 0.1) is 18.9 Å². The van der Waals surface area contributed by atoms with Crippen molar-refractivity contribution in [1.29, 1.82) is 0 Å². The minimum absolute atomic E-state index is 0.0999. The molecule has 2 N–H and O–H groups in total. The molecule has 5 nitrogen and oxygen atoms in total. The predicted octanol–water partition coefficient (Wildman–Crippen LogP) is 2.17. The topological polar surface area (TPSA) is 71.2 Å². The first-order valence-corrected chi connectivity index (χ1v) is 7.07. The first kappa shape index (κ1) is 15.1. The molecule has 21 heavy (non-hydrogen) atoms. The van der Waals surface area contributed by atoms with Gasteiger partial charge in [0.2, 0.25) is 5.91 Å². The van der Waals surface area contributed by atoms with E-state index >= 15 is 0 Å². The van der Waals surface area contributed by atoms with Crippen LogP contribution in [-0.4, -0.2) is 29.5 Å². The Kier molecular flexibility index (Phi) is 4.98. The Morgan fingerprint density at radius 3 is 2.81 bits per heavy atom. The summed E-state index contributed by atoms with van der Waals surface area (Å²) >= 11 is 0. The van der Waals surface area contributed by atoms with Crippen molar-refractivity contribution in [3.63, 3.8) is 0 Å². The van der Waals surface area contributed by atoms with E-state index in [9.17, 15) is 9.59 Å². The van der Waals surface area contributed by atoms with Crippen LogP contribution in [0.1, 0.15) is 25.8 Å². The number of nitrogens with one attached hydrogen (secondary N) is 2. The lowest BCUT2D eigenvalue weighted by Crippen LogP contribution is -2.28. The summed E-state index contributed by atoms with van der Waals surface area (Å²) in [6, 6.07) is 7.84. The van der Waals surface area contributed by atoms with Gasteiger partial charge in [-0.2, -0.15) is 0 Å². The third kappa shape index (κ3) is 4.34. The van der Waals surface area contributed by atoms with E-state index in [2.05, 4.69) is 10.3 Å². The molecule has 0 aliphatic carbocycles. The number of hydrogen-bond donors (Lipinski definition) is 2. The lowest BCUT2D eigenvalue weighted by Gasteiger charge is -2.08. The summed E-state index contributed by atoms with van der Waals surface area (Å²) in [5.41, 5.74) is 1.97. The molecule has 0 saturated carbocycles. The molecule has 2 rings (SSSR count). The van der Waals surface area contributed by atoms with E-state index in [1.54, 1.807) is 13.8 Å². The highest BCUT2D eigenvalue weighted by Crippen LogP contribution is 2.17. The van der Waals surface area contributed by atoms with Gasteiger partial charge in [-0.25, -0.2) is 0 Å².